The number of hydrogen-bond donors (Lipinski definition) is 1. The minimum absolute atomic E-state index is 0.0596. The molecule has 0 unspecified atom stereocenters. The zero-order valence-electron chi connectivity index (χ0n) is 10.5. The fraction of sp³-hybridized carbons (Fsp3) is 0.385. The molecule has 2 aromatic rings. The smallest absolute Gasteiger partial charge is 0.258 e. The molecule has 0 saturated carbocycles. The third-order valence-corrected chi connectivity index (χ3v) is 2.76. The lowest BCUT2D eigenvalue weighted by Crippen LogP contribution is -2.09. The third kappa shape index (κ3) is 1.98. The van der Waals surface area contributed by atoms with Crippen LogP contribution < -0.4 is 5.56 Å². The van der Waals surface area contributed by atoms with Gasteiger partial charge < -0.3 is 4.98 Å². The van der Waals surface area contributed by atoms with Gasteiger partial charge >= 0.3 is 0 Å². The summed E-state index contributed by atoms with van der Waals surface area (Å²) < 4.78 is 0. The van der Waals surface area contributed by atoms with Gasteiger partial charge in [-0.1, -0.05) is 13.8 Å². The van der Waals surface area contributed by atoms with E-state index in [9.17, 15) is 4.79 Å². The average molecular weight is 218 g/mol. The molecule has 1 heterocycles. The van der Waals surface area contributed by atoms with E-state index in [1.54, 1.807) is 0 Å². The summed E-state index contributed by atoms with van der Waals surface area (Å²) in [6.07, 6.45) is 1.44. The van der Waals surface area contributed by atoms with Gasteiger partial charge in [0.05, 0.1) is 17.2 Å². The summed E-state index contributed by atoms with van der Waals surface area (Å²) in [6.45, 7) is 10.0. The van der Waals surface area contributed by atoms with Crippen LogP contribution in [0.5, 0.6) is 0 Å². The Bertz CT molecular complexity index is 556. The molecule has 0 atom stereocenters. The number of aromatic nitrogens is 2. The van der Waals surface area contributed by atoms with Gasteiger partial charge in [-0.05, 0) is 43.5 Å². The average Bonchev–Trinajstić information content (AvgIpc) is 2.28. The fourth-order valence-electron chi connectivity index (χ4n) is 1.68. The number of nitrogens with zero attached hydrogens (tertiary/aromatic N) is 1. The first kappa shape index (κ1) is 12.4. The number of hydrogen-bond acceptors (Lipinski definition) is 2. The van der Waals surface area contributed by atoms with Gasteiger partial charge in [0.1, 0.15) is 0 Å². The second kappa shape index (κ2) is 4.92. The highest BCUT2D eigenvalue weighted by molar-refractivity contribution is 5.83. The number of fused-ring (bicyclic) bond motifs is 1. The molecule has 2 rings (SSSR count). The standard InChI is InChI=1S/C11H12N2O.C2H6/c1-6-4-9-10(8(3)7(6)2)11(14)13-5-12-9;1-2/h4-5H,1-3H3,(H,12,13,14);1-2H3. The molecule has 0 spiro atoms. The molecule has 16 heavy (non-hydrogen) atoms. The maximum absolute atomic E-state index is 11.6. The molecule has 0 radical (unpaired) electrons. The van der Waals surface area contributed by atoms with Crippen molar-refractivity contribution in [1.29, 1.82) is 0 Å². The Morgan fingerprint density at radius 3 is 2.38 bits per heavy atom. The Hall–Kier alpha value is -1.64. The monoisotopic (exact) mass is 218 g/mol. The molecule has 1 aromatic heterocycles. The molecule has 0 aliphatic heterocycles. The summed E-state index contributed by atoms with van der Waals surface area (Å²) in [7, 11) is 0. The van der Waals surface area contributed by atoms with Crippen molar-refractivity contribution in [3.8, 4) is 0 Å². The van der Waals surface area contributed by atoms with Crippen LogP contribution in [0.2, 0.25) is 0 Å². The molecule has 0 saturated heterocycles. The molecule has 1 N–H and O–H groups in total. The normalized spacial score (nSPS) is 9.81. The first-order valence-corrected chi connectivity index (χ1v) is 5.55. The summed E-state index contributed by atoms with van der Waals surface area (Å²) >= 11 is 0. The van der Waals surface area contributed by atoms with E-state index in [0.717, 1.165) is 16.6 Å². The lowest BCUT2D eigenvalue weighted by molar-refractivity contribution is 1.15. The summed E-state index contributed by atoms with van der Waals surface area (Å²) in [5, 5.41) is 0.704. The van der Waals surface area contributed by atoms with Crippen molar-refractivity contribution >= 4 is 10.9 Å². The van der Waals surface area contributed by atoms with Gasteiger partial charge in [0.15, 0.2) is 0 Å². The van der Waals surface area contributed by atoms with Crippen molar-refractivity contribution in [3.05, 3.63) is 39.4 Å². The fourth-order valence-corrected chi connectivity index (χ4v) is 1.68. The van der Waals surface area contributed by atoms with Gasteiger partial charge in [0.2, 0.25) is 0 Å². The van der Waals surface area contributed by atoms with Gasteiger partial charge in [-0.2, -0.15) is 0 Å². The van der Waals surface area contributed by atoms with E-state index in [2.05, 4.69) is 9.97 Å². The topological polar surface area (TPSA) is 45.8 Å². The molecular weight excluding hydrogens is 200 g/mol. The van der Waals surface area contributed by atoms with Gasteiger partial charge in [0.25, 0.3) is 5.56 Å². The maximum atomic E-state index is 11.6. The predicted octanol–water partition coefficient (Wildman–Crippen LogP) is 2.87. The molecule has 1 aromatic carbocycles. The maximum Gasteiger partial charge on any atom is 0.258 e. The molecule has 0 aliphatic carbocycles. The van der Waals surface area contributed by atoms with Crippen molar-refractivity contribution in [2.75, 3.05) is 0 Å². The summed E-state index contributed by atoms with van der Waals surface area (Å²) in [6, 6.07) is 1.95. The zero-order chi connectivity index (χ0) is 12.3. The Morgan fingerprint density at radius 2 is 1.75 bits per heavy atom. The number of rotatable bonds is 0. The Labute approximate surface area is 95.5 Å². The molecule has 0 fully saturated rings. The molecule has 3 heteroatoms. The number of aromatic amines is 1. The highest BCUT2D eigenvalue weighted by Crippen LogP contribution is 2.19. The molecule has 0 bridgehead atoms. The Kier molecular flexibility index (Phi) is 3.82. The van der Waals surface area contributed by atoms with E-state index in [4.69, 9.17) is 0 Å². The predicted molar refractivity (Wildman–Crippen MR) is 67.9 cm³/mol. The second-order valence-electron chi connectivity index (χ2n) is 3.57. The number of nitrogens with one attached hydrogen (secondary N) is 1. The zero-order valence-corrected chi connectivity index (χ0v) is 10.5. The van der Waals surface area contributed by atoms with Crippen LogP contribution in [0.1, 0.15) is 30.5 Å². The minimum atomic E-state index is -0.0596. The number of aryl methyl sites for hydroxylation is 2. The first-order chi connectivity index (χ1) is 7.61. The van der Waals surface area contributed by atoms with Crippen molar-refractivity contribution < 1.29 is 0 Å². The van der Waals surface area contributed by atoms with Gasteiger partial charge in [-0.25, -0.2) is 4.98 Å². The van der Waals surface area contributed by atoms with Crippen LogP contribution in [0.3, 0.4) is 0 Å². The highest BCUT2D eigenvalue weighted by atomic mass is 16.1. The largest absolute Gasteiger partial charge is 0.313 e. The number of H-pyrrole nitrogens is 1. The first-order valence-electron chi connectivity index (χ1n) is 5.55. The molecule has 86 valence electrons. The Morgan fingerprint density at radius 1 is 1.12 bits per heavy atom. The van der Waals surface area contributed by atoms with Gasteiger partial charge in [0, 0.05) is 0 Å². The summed E-state index contributed by atoms with van der Waals surface area (Å²) in [5.74, 6) is 0. The summed E-state index contributed by atoms with van der Waals surface area (Å²) in [4.78, 5) is 18.3. The number of benzene rings is 1. The molecule has 0 amide bonds. The summed E-state index contributed by atoms with van der Waals surface area (Å²) in [5.41, 5.74) is 4.07. The van der Waals surface area contributed by atoms with E-state index in [0.29, 0.717) is 5.39 Å². The third-order valence-electron chi connectivity index (χ3n) is 2.76. The van der Waals surface area contributed by atoms with Crippen molar-refractivity contribution in [2.45, 2.75) is 34.6 Å². The van der Waals surface area contributed by atoms with Crippen molar-refractivity contribution in [3.63, 3.8) is 0 Å². The van der Waals surface area contributed by atoms with Gasteiger partial charge in [-0.15, -0.1) is 0 Å². The lowest BCUT2D eigenvalue weighted by Gasteiger charge is -2.07. The second-order valence-corrected chi connectivity index (χ2v) is 3.57. The molecule has 3 nitrogen and oxygen atoms in total. The lowest BCUT2D eigenvalue weighted by atomic mass is 10.0. The minimum Gasteiger partial charge on any atom is -0.313 e. The van der Waals surface area contributed by atoms with Crippen LogP contribution in [0.15, 0.2) is 17.2 Å². The Balaban J connectivity index is 0.000000606. The highest BCUT2D eigenvalue weighted by Gasteiger charge is 2.07. The van der Waals surface area contributed by atoms with Crippen LogP contribution in [0.25, 0.3) is 10.9 Å². The van der Waals surface area contributed by atoms with Gasteiger partial charge in [-0.3, -0.25) is 4.79 Å². The van der Waals surface area contributed by atoms with Crippen LogP contribution in [0, 0.1) is 20.8 Å². The quantitative estimate of drug-likeness (QED) is 0.739. The van der Waals surface area contributed by atoms with E-state index < -0.39 is 0 Å². The molecule has 0 aliphatic rings. The van der Waals surface area contributed by atoms with Crippen LogP contribution in [0.4, 0.5) is 0 Å². The van der Waals surface area contributed by atoms with Crippen molar-refractivity contribution in [2.24, 2.45) is 0 Å². The van der Waals surface area contributed by atoms with E-state index in [1.807, 2.05) is 40.7 Å². The van der Waals surface area contributed by atoms with Crippen LogP contribution >= 0.6 is 0 Å². The van der Waals surface area contributed by atoms with Crippen LogP contribution in [-0.4, -0.2) is 9.97 Å². The van der Waals surface area contributed by atoms with E-state index >= 15 is 0 Å². The van der Waals surface area contributed by atoms with E-state index in [-0.39, 0.29) is 5.56 Å². The SMILES string of the molecule is CC.Cc1cc2nc[nH]c(=O)c2c(C)c1C. The molecular formula is C13H18N2O. The van der Waals surface area contributed by atoms with E-state index in [1.165, 1.54) is 11.9 Å². The van der Waals surface area contributed by atoms with Crippen molar-refractivity contribution in [1.82, 2.24) is 9.97 Å². The van der Waals surface area contributed by atoms with Crippen LogP contribution in [-0.2, 0) is 0 Å².